The number of ether oxygens (including phenoxy) is 3. The van der Waals surface area contributed by atoms with Gasteiger partial charge in [0.15, 0.2) is 18.2 Å². The van der Waals surface area contributed by atoms with Gasteiger partial charge in [0.1, 0.15) is 5.60 Å². The van der Waals surface area contributed by atoms with Crippen molar-refractivity contribution in [3.05, 3.63) is 29.6 Å². The molecule has 1 amide bonds. The summed E-state index contributed by atoms with van der Waals surface area (Å²) in [4.78, 5) is 26.2. The molecular weight excluding hydrogens is 493 g/mol. The lowest BCUT2D eigenvalue weighted by Crippen LogP contribution is -2.52. The number of hydrogen-bond acceptors (Lipinski definition) is 6. The van der Waals surface area contributed by atoms with Crippen LogP contribution in [0.3, 0.4) is 0 Å². The van der Waals surface area contributed by atoms with E-state index in [-0.39, 0.29) is 38.5 Å². The topological polar surface area (TPSA) is 68.3 Å². The minimum atomic E-state index is -5.80. The Bertz CT molecular complexity index is 878. The number of para-hydroxylation sites is 1. The van der Waals surface area contributed by atoms with Gasteiger partial charge in [0.2, 0.25) is 0 Å². The summed E-state index contributed by atoms with van der Waals surface area (Å²) in [5.41, 5.74) is -0.418. The zero-order valence-electron chi connectivity index (χ0n) is 19.1. The number of rotatable bonds is 6. The number of carbonyl (C=O) groups is 2. The van der Waals surface area contributed by atoms with E-state index in [1.165, 1.54) is 12.1 Å². The van der Waals surface area contributed by atoms with E-state index in [0.717, 1.165) is 11.0 Å². The molecule has 0 spiro atoms. The van der Waals surface area contributed by atoms with E-state index in [1.54, 1.807) is 25.7 Å². The third kappa shape index (κ3) is 8.75. The summed E-state index contributed by atoms with van der Waals surface area (Å²) in [5.74, 6) is -1.65. The van der Waals surface area contributed by atoms with Gasteiger partial charge in [0, 0.05) is 38.3 Å². The van der Waals surface area contributed by atoms with Gasteiger partial charge in [-0.25, -0.2) is 14.0 Å². The summed E-state index contributed by atoms with van der Waals surface area (Å²) >= 11 is 0. The summed E-state index contributed by atoms with van der Waals surface area (Å²) in [7, 11) is 0. The highest BCUT2D eigenvalue weighted by atomic mass is 19.4. The third-order valence-corrected chi connectivity index (χ3v) is 4.64. The Balaban J connectivity index is 1.97. The molecule has 1 aliphatic rings. The Labute approximate surface area is 196 Å². The molecule has 1 fully saturated rings. The number of nitrogens with zero attached hydrogens (tertiary/aromatic N) is 2. The van der Waals surface area contributed by atoms with Crippen LogP contribution in [0, 0.1) is 5.82 Å². The average molecular weight is 518 g/mol. The van der Waals surface area contributed by atoms with Crippen molar-refractivity contribution < 1.29 is 54.5 Å². The molecule has 0 aliphatic carbocycles. The van der Waals surface area contributed by atoms with Crippen LogP contribution in [0.5, 0.6) is 5.75 Å². The van der Waals surface area contributed by atoms with Gasteiger partial charge in [-0.05, 0) is 26.8 Å². The molecule has 0 atom stereocenters. The van der Waals surface area contributed by atoms with E-state index < -0.39 is 48.5 Å². The molecule has 1 heterocycles. The molecule has 0 radical (unpaired) electrons. The second-order valence-electron chi connectivity index (χ2n) is 8.71. The Hall–Kier alpha value is -2.77. The maximum atomic E-state index is 14.3. The first-order chi connectivity index (χ1) is 16.0. The van der Waals surface area contributed by atoms with Gasteiger partial charge >= 0.3 is 24.4 Å². The lowest BCUT2D eigenvalue weighted by Gasteiger charge is -2.35. The van der Waals surface area contributed by atoms with Crippen LogP contribution in [0.25, 0.3) is 0 Å². The third-order valence-electron chi connectivity index (χ3n) is 4.64. The molecule has 7 nitrogen and oxygen atoms in total. The Kier molecular flexibility index (Phi) is 8.84. The number of hydrogen-bond donors (Lipinski definition) is 0. The summed E-state index contributed by atoms with van der Waals surface area (Å²) < 4.78 is 104. The normalized spacial score (nSPS) is 15.8. The first-order valence-electron chi connectivity index (χ1n) is 10.4. The van der Waals surface area contributed by atoms with Crippen LogP contribution in [0.1, 0.15) is 26.3 Å². The van der Waals surface area contributed by atoms with E-state index >= 15 is 0 Å². The molecule has 0 N–H and O–H groups in total. The maximum Gasteiger partial charge on any atom is 0.434 e. The molecule has 198 valence electrons. The van der Waals surface area contributed by atoms with Crippen LogP contribution in [0.2, 0.25) is 0 Å². The Morgan fingerprint density at radius 3 is 2.06 bits per heavy atom. The van der Waals surface area contributed by atoms with Crippen molar-refractivity contribution in [1.82, 2.24) is 9.80 Å². The van der Waals surface area contributed by atoms with Gasteiger partial charge in [-0.2, -0.15) is 26.3 Å². The molecule has 1 aromatic rings. The first kappa shape index (κ1) is 28.5. The zero-order chi connectivity index (χ0) is 26.6. The minimum Gasteiger partial charge on any atom is -0.478 e. The SMILES string of the molecule is CC(C)(C)OC(=O)COc1c(F)cccc1CN1CCN(C(=O)OC(C(F)(F)F)C(F)(F)F)CC1. The van der Waals surface area contributed by atoms with Crippen molar-refractivity contribution in [2.24, 2.45) is 0 Å². The molecular formula is C21H25F7N2O5. The number of alkyl halides is 6. The second kappa shape index (κ2) is 10.9. The monoisotopic (exact) mass is 518 g/mol. The van der Waals surface area contributed by atoms with Gasteiger partial charge in [-0.3, -0.25) is 4.90 Å². The highest BCUT2D eigenvalue weighted by Crippen LogP contribution is 2.36. The van der Waals surface area contributed by atoms with Crippen LogP contribution < -0.4 is 4.74 Å². The minimum absolute atomic E-state index is 0.0554. The van der Waals surface area contributed by atoms with Crippen molar-refractivity contribution in [1.29, 1.82) is 0 Å². The molecule has 0 aromatic heterocycles. The molecule has 0 bridgehead atoms. The molecule has 1 aromatic carbocycles. The van der Waals surface area contributed by atoms with E-state index in [4.69, 9.17) is 9.47 Å². The van der Waals surface area contributed by atoms with E-state index in [1.807, 2.05) is 0 Å². The molecule has 0 saturated carbocycles. The van der Waals surface area contributed by atoms with E-state index in [9.17, 15) is 40.3 Å². The average Bonchev–Trinajstić information content (AvgIpc) is 2.69. The number of carbonyl (C=O) groups excluding carboxylic acids is 2. The van der Waals surface area contributed by atoms with Crippen LogP contribution >= 0.6 is 0 Å². The highest BCUT2D eigenvalue weighted by Gasteiger charge is 2.60. The highest BCUT2D eigenvalue weighted by molar-refractivity contribution is 5.71. The molecule has 1 aliphatic heterocycles. The van der Waals surface area contributed by atoms with Crippen molar-refractivity contribution in [3.63, 3.8) is 0 Å². The van der Waals surface area contributed by atoms with Gasteiger partial charge in [-0.15, -0.1) is 0 Å². The van der Waals surface area contributed by atoms with Gasteiger partial charge < -0.3 is 19.1 Å². The van der Waals surface area contributed by atoms with Crippen molar-refractivity contribution in [2.45, 2.75) is 51.4 Å². The van der Waals surface area contributed by atoms with Gasteiger partial charge in [-0.1, -0.05) is 12.1 Å². The summed E-state index contributed by atoms with van der Waals surface area (Å²) in [6, 6.07) is 4.07. The Morgan fingerprint density at radius 1 is 0.971 bits per heavy atom. The molecule has 14 heteroatoms. The number of benzene rings is 1. The van der Waals surface area contributed by atoms with Crippen LogP contribution in [-0.2, 0) is 20.8 Å². The molecule has 1 saturated heterocycles. The lowest BCUT2D eigenvalue weighted by molar-refractivity contribution is -0.308. The predicted octanol–water partition coefficient (Wildman–Crippen LogP) is 4.29. The van der Waals surface area contributed by atoms with Gasteiger partial charge in [0.05, 0.1) is 0 Å². The number of esters is 1. The Morgan fingerprint density at radius 2 is 1.54 bits per heavy atom. The summed E-state index contributed by atoms with van der Waals surface area (Å²) in [6.45, 7) is 4.17. The van der Waals surface area contributed by atoms with Crippen molar-refractivity contribution in [3.8, 4) is 5.75 Å². The zero-order valence-corrected chi connectivity index (χ0v) is 19.1. The fourth-order valence-electron chi connectivity index (χ4n) is 3.17. The van der Waals surface area contributed by atoms with Gasteiger partial charge in [0.25, 0.3) is 6.10 Å². The standard InChI is InChI=1S/C21H25F7N2O5/c1-19(2,3)35-15(31)12-33-16-13(5-4-6-14(16)22)11-29-7-9-30(10-8-29)18(32)34-17(20(23,24)25)21(26,27)28/h4-6,17H,7-12H2,1-3H3. The number of amides is 1. The number of halogens is 7. The molecule has 2 rings (SSSR count). The van der Waals surface area contributed by atoms with Crippen LogP contribution in [-0.4, -0.2) is 78.7 Å². The molecule has 0 unspecified atom stereocenters. The van der Waals surface area contributed by atoms with Crippen LogP contribution in [0.4, 0.5) is 35.5 Å². The summed E-state index contributed by atoms with van der Waals surface area (Å²) in [6.07, 6.45) is -17.6. The second-order valence-corrected chi connectivity index (χ2v) is 8.71. The number of piperazine rings is 1. The van der Waals surface area contributed by atoms with E-state index in [0.29, 0.717) is 5.56 Å². The quantitative estimate of drug-likeness (QED) is 0.414. The van der Waals surface area contributed by atoms with Crippen molar-refractivity contribution in [2.75, 3.05) is 32.8 Å². The fourth-order valence-corrected chi connectivity index (χ4v) is 3.17. The molecule has 35 heavy (non-hydrogen) atoms. The maximum absolute atomic E-state index is 14.3. The summed E-state index contributed by atoms with van der Waals surface area (Å²) in [5, 5.41) is 0. The van der Waals surface area contributed by atoms with E-state index in [2.05, 4.69) is 4.74 Å². The largest absolute Gasteiger partial charge is 0.478 e. The smallest absolute Gasteiger partial charge is 0.434 e. The first-order valence-corrected chi connectivity index (χ1v) is 10.4. The lowest BCUT2D eigenvalue weighted by atomic mass is 10.1. The fraction of sp³-hybridized carbons (Fsp3) is 0.619. The predicted molar refractivity (Wildman–Crippen MR) is 107 cm³/mol. The van der Waals surface area contributed by atoms with Crippen molar-refractivity contribution >= 4 is 12.1 Å². The van der Waals surface area contributed by atoms with Crippen LogP contribution in [0.15, 0.2) is 18.2 Å².